The van der Waals surface area contributed by atoms with Gasteiger partial charge in [-0.3, -0.25) is 57.6 Å². The van der Waals surface area contributed by atoms with Crippen LogP contribution in [0.2, 0.25) is 0 Å². The third-order valence-electron chi connectivity index (χ3n) is 18.3. The Balaban J connectivity index is 3.02. The molecule has 2 rings (SSSR count). The van der Waals surface area contributed by atoms with Gasteiger partial charge < -0.3 is 70.1 Å². The van der Waals surface area contributed by atoms with Crippen molar-refractivity contribution in [2.45, 2.75) is 228 Å². The van der Waals surface area contributed by atoms with Gasteiger partial charge in [-0.25, -0.2) is 0 Å². The molecule has 11 amide bonds. The molecule has 0 aliphatic carbocycles. The molecule has 5 N–H and O–H groups in total. The molecular formula is C69H122N12O14. The second-order valence-electron chi connectivity index (χ2n) is 28.2. The van der Waals surface area contributed by atoms with Crippen LogP contribution < -0.4 is 21.3 Å². The molecule has 542 valence electrons. The molecule has 0 aromatic carbocycles. The highest BCUT2D eigenvalue weighted by atomic mass is 16.5. The number of amides is 11. The number of allylic oxidation sites excluding steroid dienone is 2. The Labute approximate surface area is 567 Å². The molecular weight excluding hydrogens is 1220 g/mol. The Hall–Kier alpha value is -6.51. The summed E-state index contributed by atoms with van der Waals surface area (Å²) in [6.07, 6.45) is 5.43. The Morgan fingerprint density at radius 2 is 0.968 bits per heavy atom. The fraction of sp³-hybridized carbons (Fsp3) is 0.783. The summed E-state index contributed by atoms with van der Waals surface area (Å²) in [5.41, 5.74) is 0. The smallest absolute Gasteiger partial charge is 0.246 e. The van der Waals surface area contributed by atoms with Gasteiger partial charge in [-0.2, -0.15) is 0 Å². The molecule has 0 aromatic heterocycles. The molecule has 14 atom stereocenters. The minimum Gasteiger partial charge on any atom is -0.390 e. The first-order chi connectivity index (χ1) is 44.2. The Morgan fingerprint density at radius 3 is 1.47 bits per heavy atom. The average molecular weight is 1340 g/mol. The van der Waals surface area contributed by atoms with Crippen LogP contribution in [0, 0.1) is 35.5 Å². The number of likely N-dealkylation sites (N-methyl/N-ethyl adjacent to an activating group) is 7. The van der Waals surface area contributed by atoms with E-state index in [0.717, 1.165) is 27.8 Å². The predicted octanol–water partition coefficient (Wildman–Crippen LogP) is 2.90. The van der Waals surface area contributed by atoms with Crippen molar-refractivity contribution >= 4 is 65.0 Å². The van der Waals surface area contributed by atoms with Crippen LogP contribution in [0.25, 0.3) is 0 Å². The van der Waals surface area contributed by atoms with E-state index in [1.807, 2.05) is 47.6 Å². The van der Waals surface area contributed by atoms with E-state index in [0.29, 0.717) is 26.2 Å². The molecule has 0 bridgehead atoms. The molecule has 0 unspecified atom stereocenters. The summed E-state index contributed by atoms with van der Waals surface area (Å²) in [5, 5.41) is 23.3. The van der Waals surface area contributed by atoms with E-state index in [1.54, 1.807) is 73.6 Å². The van der Waals surface area contributed by atoms with Gasteiger partial charge in [-0.05, 0) is 102 Å². The van der Waals surface area contributed by atoms with Crippen LogP contribution in [-0.4, -0.2) is 277 Å². The normalized spacial score (nSPS) is 27.7. The van der Waals surface area contributed by atoms with E-state index in [4.69, 9.17) is 9.47 Å². The highest BCUT2D eigenvalue weighted by molar-refractivity contribution is 6.00. The minimum atomic E-state index is -1.65. The van der Waals surface area contributed by atoms with E-state index in [9.17, 15) is 33.9 Å². The van der Waals surface area contributed by atoms with Crippen molar-refractivity contribution in [2.75, 3.05) is 88.8 Å². The third-order valence-corrected chi connectivity index (χ3v) is 18.3. The quantitative estimate of drug-likeness (QED) is 0.116. The largest absolute Gasteiger partial charge is 0.390 e. The Bertz CT molecular complexity index is 2630. The van der Waals surface area contributed by atoms with Gasteiger partial charge in [0.05, 0.1) is 32.0 Å². The van der Waals surface area contributed by atoms with Crippen LogP contribution >= 0.6 is 0 Å². The lowest BCUT2D eigenvalue weighted by Gasteiger charge is -2.41. The maximum atomic E-state index is 15.3. The number of hydrogen-bond donors (Lipinski definition) is 5. The molecule has 2 aliphatic rings. The summed E-state index contributed by atoms with van der Waals surface area (Å²) in [7, 11) is 9.86. The molecule has 2 saturated heterocycles. The van der Waals surface area contributed by atoms with Crippen LogP contribution in [0.1, 0.15) is 150 Å². The zero-order chi connectivity index (χ0) is 72.8. The number of nitrogens with one attached hydrogen (secondary N) is 4. The first-order valence-electron chi connectivity index (χ1n) is 34.2. The van der Waals surface area contributed by atoms with E-state index >= 15 is 24.0 Å². The van der Waals surface area contributed by atoms with E-state index in [1.165, 1.54) is 89.7 Å². The number of aliphatic hydroxyl groups excluding tert-OH is 1. The van der Waals surface area contributed by atoms with Crippen molar-refractivity contribution in [1.82, 2.24) is 60.5 Å². The van der Waals surface area contributed by atoms with Crippen molar-refractivity contribution in [3.63, 3.8) is 0 Å². The average Bonchev–Trinajstić information content (AvgIpc) is 0.815. The van der Waals surface area contributed by atoms with Crippen LogP contribution in [0.15, 0.2) is 24.3 Å². The van der Waals surface area contributed by atoms with Crippen molar-refractivity contribution < 1.29 is 67.3 Å². The van der Waals surface area contributed by atoms with Crippen molar-refractivity contribution in [2.24, 2.45) is 35.5 Å². The topological polar surface area (TPSA) is 300 Å². The summed E-state index contributed by atoms with van der Waals surface area (Å²) >= 11 is 0. The lowest BCUT2D eigenvalue weighted by Crippen LogP contribution is -2.64. The number of carbonyl (C=O) groups excluding carboxylic acids is 11. The minimum absolute atomic E-state index is 0.0155. The lowest BCUT2D eigenvalue weighted by molar-refractivity contribution is -0.157. The maximum Gasteiger partial charge on any atom is 0.246 e. The predicted molar refractivity (Wildman–Crippen MR) is 365 cm³/mol. The molecule has 0 spiro atoms. The highest BCUT2D eigenvalue weighted by Crippen LogP contribution is 2.26. The molecule has 2 fully saturated rings. The van der Waals surface area contributed by atoms with Crippen LogP contribution in [0.4, 0.5) is 0 Å². The number of nitrogens with zero attached hydrogens (tertiary/aromatic N) is 8. The first-order valence-corrected chi connectivity index (χ1v) is 34.2. The first kappa shape index (κ1) is 84.6. The fourth-order valence-corrected chi connectivity index (χ4v) is 12.1. The number of ether oxygens (including phenoxy) is 2. The monoisotopic (exact) mass is 1340 g/mol. The summed E-state index contributed by atoms with van der Waals surface area (Å²) in [5.74, 6) is -10.2. The van der Waals surface area contributed by atoms with E-state index in [-0.39, 0.29) is 50.0 Å². The second kappa shape index (κ2) is 39.6. The van der Waals surface area contributed by atoms with Crippen molar-refractivity contribution in [3.8, 4) is 0 Å². The van der Waals surface area contributed by atoms with Gasteiger partial charge in [0.2, 0.25) is 65.0 Å². The van der Waals surface area contributed by atoms with Gasteiger partial charge in [-0.1, -0.05) is 107 Å². The second-order valence-corrected chi connectivity index (χ2v) is 28.2. The molecule has 26 heteroatoms. The molecule has 0 aromatic rings. The Morgan fingerprint density at radius 1 is 0.495 bits per heavy atom. The SMILES string of the molecule is C/C=C/C[C@@H](C)[C@@H](O)[C@H]1C(=O)N[C@@H](CC)C(=O)N(C)[C@H](C)C(=O)N(C)[C@@H]([C@@H](C)OC/C=C/CN2CCOCC2)C(=O)N[C@@H](C(C)C)C(=O)N(C)[C@H](CC(C)C)C(=O)N[C@@H](C)C(=O)N[C@@H](C)C(=O)N(C)[C@@H](CC(C)C)C(=O)N(C)[C@H](CC(C)C)C(=O)N(C)[C@@H](C(C)C)C(=O)N1C. The molecule has 95 heavy (non-hydrogen) atoms. The zero-order valence-electron chi connectivity index (χ0n) is 61.9. The van der Waals surface area contributed by atoms with Gasteiger partial charge in [0.25, 0.3) is 0 Å². The van der Waals surface area contributed by atoms with Crippen molar-refractivity contribution in [1.29, 1.82) is 0 Å². The van der Waals surface area contributed by atoms with Gasteiger partial charge in [-0.15, -0.1) is 0 Å². The van der Waals surface area contributed by atoms with E-state index < -0.39 is 161 Å². The van der Waals surface area contributed by atoms with E-state index in [2.05, 4.69) is 26.2 Å². The zero-order valence-corrected chi connectivity index (χ0v) is 61.9. The van der Waals surface area contributed by atoms with Crippen LogP contribution in [0.5, 0.6) is 0 Å². The van der Waals surface area contributed by atoms with Crippen LogP contribution in [-0.2, 0) is 62.2 Å². The van der Waals surface area contributed by atoms with Gasteiger partial charge >= 0.3 is 0 Å². The molecule has 0 radical (unpaired) electrons. The number of rotatable bonds is 19. The summed E-state index contributed by atoms with van der Waals surface area (Å²) in [4.78, 5) is 174. The standard InChI is InChI=1S/C69H122N12O14/c1-25-27-30-45(13)58(82)57-62(86)72-50(26-2)65(89)74(18)48(16)64(88)79(23)56(49(17)95-34-29-28-31-81-32-35-94-36-33-81)61(85)73-54(43(9)10)68(92)75(19)51(37-40(3)4)60(84)70-46(14)59(83)71-47(15)63(87)76(20)52(38-41(5)6)66(90)77(21)53(39-42(7)8)67(91)78(22)55(44(11)12)69(93)80(57)24/h25,27-29,40-58,82H,26,30-39H2,1-24H3,(H,70,84)(H,71,83)(H,72,86)(H,73,85)/b27-25+,29-28+/t45-,46+,47+,48-,49-,50+,51-,52+,53-,54+,55+,56+,57+,58-/m1/s1. The van der Waals surface area contributed by atoms with Gasteiger partial charge in [0, 0.05) is 69.0 Å². The van der Waals surface area contributed by atoms with Gasteiger partial charge in [0.15, 0.2) is 0 Å². The number of hydrogen-bond acceptors (Lipinski definition) is 15. The van der Waals surface area contributed by atoms with Crippen molar-refractivity contribution in [3.05, 3.63) is 24.3 Å². The summed E-state index contributed by atoms with van der Waals surface area (Å²) < 4.78 is 11.7. The molecule has 0 saturated carbocycles. The number of morpholine rings is 1. The molecule has 2 heterocycles. The van der Waals surface area contributed by atoms with Crippen LogP contribution in [0.3, 0.4) is 0 Å². The molecule has 26 nitrogen and oxygen atoms in total. The van der Waals surface area contributed by atoms with Gasteiger partial charge in [0.1, 0.15) is 66.5 Å². The summed E-state index contributed by atoms with van der Waals surface area (Å²) in [6.45, 7) is 32.5. The molecule has 2 aliphatic heterocycles. The lowest BCUT2D eigenvalue weighted by atomic mass is 9.91. The highest BCUT2D eigenvalue weighted by Gasteiger charge is 2.46. The fourth-order valence-electron chi connectivity index (χ4n) is 12.1. The number of aliphatic hydroxyl groups is 1. The summed E-state index contributed by atoms with van der Waals surface area (Å²) in [6, 6.07) is -14.3. The Kier molecular flexibility index (Phi) is 35.3. The number of carbonyl (C=O) groups is 11. The third kappa shape index (κ3) is 23.9. The maximum absolute atomic E-state index is 15.3.